The molecule has 0 saturated heterocycles. The average Bonchev–Trinajstić information content (AvgIpc) is 2.27. The summed E-state index contributed by atoms with van der Waals surface area (Å²) in [4.78, 5) is 0. The van der Waals surface area contributed by atoms with E-state index in [9.17, 15) is 8.42 Å². The summed E-state index contributed by atoms with van der Waals surface area (Å²) in [5.74, 6) is 0. The van der Waals surface area contributed by atoms with E-state index in [1.807, 2.05) is 6.07 Å². The van der Waals surface area contributed by atoms with Crippen LogP contribution in [-0.2, 0) is 10.0 Å². The third-order valence-electron chi connectivity index (χ3n) is 2.45. The maximum atomic E-state index is 11.6. The van der Waals surface area contributed by atoms with Crippen molar-refractivity contribution in [1.29, 1.82) is 0 Å². The van der Waals surface area contributed by atoms with Crippen LogP contribution in [0.4, 0.5) is 0 Å². The molecule has 1 aromatic carbocycles. The van der Waals surface area contributed by atoms with Crippen molar-refractivity contribution in [2.24, 2.45) is 0 Å². The number of nitrogens with zero attached hydrogens (tertiary/aromatic N) is 1. The number of alkyl halides is 1. The molecule has 0 aliphatic rings. The van der Waals surface area contributed by atoms with E-state index in [0.29, 0.717) is 5.02 Å². The molecule has 90 valence electrons. The first-order valence-electron chi connectivity index (χ1n) is 4.65. The van der Waals surface area contributed by atoms with Crippen molar-refractivity contribution in [2.75, 3.05) is 12.3 Å². The predicted octanol–water partition coefficient (Wildman–Crippen LogP) is 2.86. The van der Waals surface area contributed by atoms with E-state index < -0.39 is 15.2 Å². The van der Waals surface area contributed by atoms with Gasteiger partial charge in [-0.1, -0.05) is 23.7 Å². The van der Waals surface area contributed by atoms with Gasteiger partial charge in [-0.15, -0.1) is 11.6 Å². The molecular weight excluding hydrogens is 269 g/mol. The molecule has 0 N–H and O–H groups in total. The molecule has 1 unspecified atom stereocenters. The summed E-state index contributed by atoms with van der Waals surface area (Å²) in [5.41, 5.74) is 0.837. The van der Waals surface area contributed by atoms with Crippen molar-refractivity contribution < 1.29 is 8.42 Å². The maximum Gasteiger partial charge on any atom is 0.228 e. The smallest absolute Gasteiger partial charge is 0.211 e. The molecule has 1 rings (SSSR count). The van der Waals surface area contributed by atoms with Crippen molar-refractivity contribution in [1.82, 2.24) is 4.31 Å². The van der Waals surface area contributed by atoms with Gasteiger partial charge < -0.3 is 0 Å². The van der Waals surface area contributed by atoms with Crippen LogP contribution in [0, 0.1) is 0 Å². The first-order valence-corrected chi connectivity index (χ1v) is 7.18. The van der Waals surface area contributed by atoms with Crippen molar-refractivity contribution in [2.45, 2.75) is 13.0 Å². The minimum atomic E-state index is -3.40. The lowest BCUT2D eigenvalue weighted by molar-refractivity contribution is 0.401. The highest BCUT2D eigenvalue weighted by atomic mass is 35.5. The second kappa shape index (κ2) is 5.36. The van der Waals surface area contributed by atoms with Crippen LogP contribution in [0.15, 0.2) is 24.3 Å². The van der Waals surface area contributed by atoms with Crippen LogP contribution < -0.4 is 0 Å². The van der Waals surface area contributed by atoms with Gasteiger partial charge in [0.25, 0.3) is 0 Å². The van der Waals surface area contributed by atoms with E-state index in [0.717, 1.165) is 5.56 Å². The van der Waals surface area contributed by atoms with Crippen LogP contribution in [0.25, 0.3) is 0 Å². The van der Waals surface area contributed by atoms with E-state index in [1.165, 1.54) is 11.4 Å². The number of benzene rings is 1. The molecule has 0 saturated carbocycles. The highest BCUT2D eigenvalue weighted by molar-refractivity contribution is 7.90. The minimum absolute atomic E-state index is 0.289. The minimum Gasteiger partial charge on any atom is -0.211 e. The largest absolute Gasteiger partial charge is 0.228 e. The second-order valence-electron chi connectivity index (χ2n) is 3.47. The van der Waals surface area contributed by atoms with Gasteiger partial charge in [-0.2, -0.15) is 4.31 Å². The summed E-state index contributed by atoms with van der Waals surface area (Å²) < 4.78 is 24.4. The summed E-state index contributed by atoms with van der Waals surface area (Å²) in [6, 6.07) is 6.81. The van der Waals surface area contributed by atoms with Gasteiger partial charge in [0.1, 0.15) is 5.21 Å². The molecule has 3 nitrogen and oxygen atoms in total. The van der Waals surface area contributed by atoms with Gasteiger partial charge >= 0.3 is 0 Å². The van der Waals surface area contributed by atoms with Gasteiger partial charge in [-0.3, -0.25) is 0 Å². The van der Waals surface area contributed by atoms with Gasteiger partial charge in [0.2, 0.25) is 10.0 Å². The van der Waals surface area contributed by atoms with E-state index in [2.05, 4.69) is 0 Å². The van der Waals surface area contributed by atoms with Crippen molar-refractivity contribution in [3.05, 3.63) is 34.9 Å². The first kappa shape index (κ1) is 13.8. The van der Waals surface area contributed by atoms with Crippen molar-refractivity contribution >= 4 is 33.2 Å². The van der Waals surface area contributed by atoms with Gasteiger partial charge in [0.05, 0.1) is 0 Å². The Labute approximate surface area is 106 Å². The molecule has 1 atom stereocenters. The fraction of sp³-hybridized carbons (Fsp3) is 0.400. The van der Waals surface area contributed by atoms with E-state index in [1.54, 1.807) is 25.1 Å². The number of hydrogen-bond acceptors (Lipinski definition) is 2. The maximum absolute atomic E-state index is 11.6. The Morgan fingerprint density at radius 1 is 1.44 bits per heavy atom. The Morgan fingerprint density at radius 2 is 2.06 bits per heavy atom. The molecule has 0 heterocycles. The Bertz CT molecular complexity index is 462. The van der Waals surface area contributed by atoms with E-state index >= 15 is 0 Å². The fourth-order valence-corrected chi connectivity index (χ4v) is 2.71. The predicted molar refractivity (Wildman–Crippen MR) is 67.3 cm³/mol. The molecule has 16 heavy (non-hydrogen) atoms. The average molecular weight is 282 g/mol. The van der Waals surface area contributed by atoms with Crippen LogP contribution in [-0.4, -0.2) is 25.0 Å². The van der Waals surface area contributed by atoms with Crippen LogP contribution in [0.2, 0.25) is 5.02 Å². The molecule has 0 aliphatic carbocycles. The summed E-state index contributed by atoms with van der Waals surface area (Å²) in [6.07, 6.45) is 0. The molecule has 0 spiro atoms. The molecule has 0 fully saturated rings. The zero-order chi connectivity index (χ0) is 12.3. The number of sulfonamides is 1. The van der Waals surface area contributed by atoms with Crippen molar-refractivity contribution in [3.63, 3.8) is 0 Å². The third kappa shape index (κ3) is 3.10. The molecule has 0 aliphatic heterocycles. The van der Waals surface area contributed by atoms with Gasteiger partial charge in [-0.05, 0) is 24.6 Å². The highest BCUT2D eigenvalue weighted by Crippen LogP contribution is 2.24. The van der Waals surface area contributed by atoms with Gasteiger partial charge in [0, 0.05) is 18.1 Å². The summed E-state index contributed by atoms with van der Waals surface area (Å²) >= 11 is 11.2. The van der Waals surface area contributed by atoms with E-state index in [4.69, 9.17) is 23.2 Å². The van der Waals surface area contributed by atoms with Gasteiger partial charge in [-0.25, -0.2) is 8.42 Å². The highest BCUT2D eigenvalue weighted by Gasteiger charge is 2.23. The first-order chi connectivity index (χ1) is 7.38. The van der Waals surface area contributed by atoms with Crippen molar-refractivity contribution in [3.8, 4) is 0 Å². The van der Waals surface area contributed by atoms with Gasteiger partial charge in [0.15, 0.2) is 0 Å². The lowest BCUT2D eigenvalue weighted by atomic mass is 10.1. The lowest BCUT2D eigenvalue weighted by Crippen LogP contribution is -2.30. The van der Waals surface area contributed by atoms with Crippen LogP contribution in [0.1, 0.15) is 18.5 Å². The number of rotatable bonds is 4. The fourth-order valence-electron chi connectivity index (χ4n) is 1.29. The molecule has 0 amide bonds. The van der Waals surface area contributed by atoms with Crippen LogP contribution in [0.3, 0.4) is 0 Å². The second-order valence-corrected chi connectivity index (χ2v) is 6.52. The van der Waals surface area contributed by atoms with E-state index in [-0.39, 0.29) is 6.04 Å². The quantitative estimate of drug-likeness (QED) is 0.796. The Morgan fingerprint density at radius 3 is 2.56 bits per heavy atom. The summed E-state index contributed by atoms with van der Waals surface area (Å²) in [5, 5.41) is 0.162. The molecule has 0 bridgehead atoms. The third-order valence-corrected chi connectivity index (χ3v) is 4.99. The van der Waals surface area contributed by atoms with Crippen LogP contribution >= 0.6 is 23.2 Å². The zero-order valence-corrected chi connectivity index (χ0v) is 11.4. The standard InChI is InChI=1S/C10H13Cl2NO2S/c1-8(13(2)16(14,15)7-11)9-4-3-5-10(12)6-9/h3-6,8H,7H2,1-2H3. The monoisotopic (exact) mass is 281 g/mol. The summed E-state index contributed by atoms with van der Waals surface area (Å²) in [7, 11) is -1.90. The SMILES string of the molecule is CC(c1cccc(Cl)c1)N(C)S(=O)(=O)CCl. The Kier molecular flexibility index (Phi) is 4.62. The summed E-state index contributed by atoms with van der Waals surface area (Å²) in [6.45, 7) is 1.79. The molecule has 6 heteroatoms. The normalized spacial score (nSPS) is 14.1. The lowest BCUT2D eigenvalue weighted by Gasteiger charge is -2.23. The van der Waals surface area contributed by atoms with Crippen LogP contribution in [0.5, 0.6) is 0 Å². The molecule has 0 aromatic heterocycles. The Balaban J connectivity index is 2.99. The molecule has 1 aromatic rings. The Hall–Kier alpha value is -0.290. The topological polar surface area (TPSA) is 37.4 Å². The molecular formula is C10H13Cl2NO2S. The molecule has 0 radical (unpaired) electrons. The number of hydrogen-bond donors (Lipinski definition) is 0. The number of halogens is 2. The zero-order valence-electron chi connectivity index (χ0n) is 9.02.